The average Bonchev–Trinajstić information content (AvgIpc) is 2.62. The number of rotatable bonds is 6. The van der Waals surface area contributed by atoms with Crippen molar-refractivity contribution in [2.24, 2.45) is 0 Å². The smallest absolute Gasteiger partial charge is 0.128 e. The Kier molecular flexibility index (Phi) is 6.07. The van der Waals surface area contributed by atoms with E-state index in [0.29, 0.717) is 13.2 Å². The standard InChI is InChI=1S/C18H22BrN3O2/c19-15-6-7-18(20-12-15)22-10-8-21(9-11-22)13-16(23)14-24-17-4-2-1-3-5-17/h1-7,12,16,23H,8-11,13-14H2. The third kappa shape index (κ3) is 4.93. The molecule has 1 aromatic carbocycles. The number of β-amino-alcohol motifs (C(OH)–C–C–N with tert-alkyl or cyclic N) is 1. The van der Waals surface area contributed by atoms with Crippen molar-refractivity contribution >= 4 is 21.7 Å². The summed E-state index contributed by atoms with van der Waals surface area (Å²) in [5.74, 6) is 1.80. The first-order chi connectivity index (χ1) is 11.7. The van der Waals surface area contributed by atoms with Gasteiger partial charge in [-0.25, -0.2) is 4.98 Å². The number of aromatic nitrogens is 1. The Morgan fingerprint density at radius 1 is 1.08 bits per heavy atom. The number of piperazine rings is 1. The molecule has 5 nitrogen and oxygen atoms in total. The highest BCUT2D eigenvalue weighted by atomic mass is 79.9. The van der Waals surface area contributed by atoms with E-state index < -0.39 is 6.10 Å². The lowest BCUT2D eigenvalue weighted by Gasteiger charge is -2.36. The zero-order valence-electron chi connectivity index (χ0n) is 13.5. The lowest BCUT2D eigenvalue weighted by Crippen LogP contribution is -2.49. The molecular weight excluding hydrogens is 370 g/mol. The van der Waals surface area contributed by atoms with Crippen LogP contribution in [0.5, 0.6) is 5.75 Å². The van der Waals surface area contributed by atoms with Crippen molar-refractivity contribution in [3.05, 3.63) is 53.1 Å². The van der Waals surface area contributed by atoms with E-state index in [1.807, 2.05) is 48.7 Å². The largest absolute Gasteiger partial charge is 0.491 e. The molecule has 3 rings (SSSR count). The number of hydrogen-bond donors (Lipinski definition) is 1. The number of hydrogen-bond acceptors (Lipinski definition) is 5. The van der Waals surface area contributed by atoms with E-state index in [1.54, 1.807) is 0 Å². The van der Waals surface area contributed by atoms with Crippen molar-refractivity contribution < 1.29 is 9.84 Å². The Morgan fingerprint density at radius 2 is 1.83 bits per heavy atom. The number of para-hydroxylation sites is 1. The maximum absolute atomic E-state index is 10.2. The first kappa shape index (κ1) is 17.2. The molecule has 1 aliphatic heterocycles. The molecule has 1 aliphatic rings. The molecule has 0 bridgehead atoms. The summed E-state index contributed by atoms with van der Waals surface area (Å²) in [4.78, 5) is 8.99. The van der Waals surface area contributed by atoms with Crippen molar-refractivity contribution in [2.75, 3.05) is 44.2 Å². The molecule has 0 spiro atoms. The van der Waals surface area contributed by atoms with Gasteiger partial charge in [-0.3, -0.25) is 4.90 Å². The van der Waals surface area contributed by atoms with Gasteiger partial charge in [-0.1, -0.05) is 18.2 Å². The van der Waals surface area contributed by atoms with E-state index in [0.717, 1.165) is 42.2 Å². The molecule has 0 radical (unpaired) electrons. The predicted molar refractivity (Wildman–Crippen MR) is 98.5 cm³/mol. The van der Waals surface area contributed by atoms with Gasteiger partial charge in [0.05, 0.1) is 0 Å². The van der Waals surface area contributed by atoms with Crippen molar-refractivity contribution in [1.29, 1.82) is 0 Å². The summed E-state index contributed by atoms with van der Waals surface area (Å²) in [6.45, 7) is 4.62. The molecular formula is C18H22BrN3O2. The fourth-order valence-corrected chi connectivity index (χ4v) is 3.01. The minimum atomic E-state index is -0.484. The number of halogens is 1. The highest BCUT2D eigenvalue weighted by Crippen LogP contribution is 2.16. The zero-order chi connectivity index (χ0) is 16.8. The minimum absolute atomic E-state index is 0.318. The molecule has 0 amide bonds. The molecule has 1 unspecified atom stereocenters. The minimum Gasteiger partial charge on any atom is -0.491 e. The molecule has 1 N–H and O–H groups in total. The van der Waals surface area contributed by atoms with E-state index in [2.05, 4.69) is 30.7 Å². The van der Waals surface area contributed by atoms with E-state index in [-0.39, 0.29) is 0 Å². The van der Waals surface area contributed by atoms with Crippen LogP contribution in [-0.2, 0) is 0 Å². The van der Waals surface area contributed by atoms with Crippen molar-refractivity contribution in [3.63, 3.8) is 0 Å². The van der Waals surface area contributed by atoms with Crippen molar-refractivity contribution in [2.45, 2.75) is 6.10 Å². The molecule has 1 atom stereocenters. The third-order valence-electron chi connectivity index (χ3n) is 4.06. The lowest BCUT2D eigenvalue weighted by atomic mass is 10.2. The lowest BCUT2D eigenvalue weighted by molar-refractivity contribution is 0.0662. The van der Waals surface area contributed by atoms with E-state index >= 15 is 0 Å². The normalized spacial score (nSPS) is 16.8. The third-order valence-corrected chi connectivity index (χ3v) is 4.53. The SMILES string of the molecule is OC(COc1ccccc1)CN1CCN(c2ccc(Br)cn2)CC1. The van der Waals surface area contributed by atoms with Crippen LogP contribution in [-0.4, -0.2) is 60.4 Å². The van der Waals surface area contributed by atoms with Gasteiger partial charge in [-0.15, -0.1) is 0 Å². The van der Waals surface area contributed by atoms with Crippen LogP contribution < -0.4 is 9.64 Å². The molecule has 128 valence electrons. The van der Waals surface area contributed by atoms with Crippen LogP contribution in [0.4, 0.5) is 5.82 Å². The van der Waals surface area contributed by atoms with Crippen molar-refractivity contribution in [3.8, 4) is 5.75 Å². The number of nitrogens with zero attached hydrogens (tertiary/aromatic N) is 3. The van der Waals surface area contributed by atoms with Gasteiger partial charge in [-0.05, 0) is 40.2 Å². The molecule has 1 fully saturated rings. The highest BCUT2D eigenvalue weighted by Gasteiger charge is 2.20. The van der Waals surface area contributed by atoms with E-state index in [1.165, 1.54) is 0 Å². The van der Waals surface area contributed by atoms with Crippen LogP contribution >= 0.6 is 15.9 Å². The molecule has 1 saturated heterocycles. The Hall–Kier alpha value is -1.63. The molecule has 0 aliphatic carbocycles. The van der Waals surface area contributed by atoms with E-state index in [9.17, 15) is 5.11 Å². The second kappa shape index (κ2) is 8.46. The number of pyridine rings is 1. The van der Waals surface area contributed by atoms with Crippen LogP contribution in [0.15, 0.2) is 53.1 Å². The van der Waals surface area contributed by atoms with Gasteiger partial charge in [0.2, 0.25) is 0 Å². The molecule has 2 heterocycles. The second-order valence-corrected chi connectivity index (χ2v) is 6.82. The van der Waals surface area contributed by atoms with Gasteiger partial charge in [0, 0.05) is 43.4 Å². The Bertz CT molecular complexity index is 616. The van der Waals surface area contributed by atoms with Crippen LogP contribution in [0.2, 0.25) is 0 Å². The molecule has 1 aromatic heterocycles. The Balaban J connectivity index is 1.41. The highest BCUT2D eigenvalue weighted by molar-refractivity contribution is 9.10. The fourth-order valence-electron chi connectivity index (χ4n) is 2.77. The van der Waals surface area contributed by atoms with E-state index in [4.69, 9.17) is 4.74 Å². The Morgan fingerprint density at radius 3 is 2.50 bits per heavy atom. The number of aliphatic hydroxyl groups excluding tert-OH is 1. The number of ether oxygens (including phenoxy) is 1. The summed E-state index contributed by atoms with van der Waals surface area (Å²) >= 11 is 3.41. The van der Waals surface area contributed by atoms with Crippen LogP contribution in [0.1, 0.15) is 0 Å². The fraction of sp³-hybridized carbons (Fsp3) is 0.389. The van der Waals surface area contributed by atoms with Crippen LogP contribution in [0.3, 0.4) is 0 Å². The summed E-state index contributed by atoms with van der Waals surface area (Å²) in [7, 11) is 0. The van der Waals surface area contributed by atoms with Gasteiger partial charge in [0.15, 0.2) is 0 Å². The maximum atomic E-state index is 10.2. The summed E-state index contributed by atoms with van der Waals surface area (Å²) in [6.07, 6.45) is 1.34. The molecule has 24 heavy (non-hydrogen) atoms. The first-order valence-corrected chi connectivity index (χ1v) is 8.95. The summed E-state index contributed by atoms with van der Waals surface area (Å²) in [5.41, 5.74) is 0. The number of anilines is 1. The molecule has 2 aromatic rings. The van der Waals surface area contributed by atoms with Crippen LogP contribution in [0.25, 0.3) is 0 Å². The molecule has 0 saturated carbocycles. The predicted octanol–water partition coefficient (Wildman–Crippen LogP) is 2.41. The van der Waals surface area contributed by atoms with Crippen molar-refractivity contribution in [1.82, 2.24) is 9.88 Å². The second-order valence-electron chi connectivity index (χ2n) is 5.90. The summed E-state index contributed by atoms with van der Waals surface area (Å²) < 4.78 is 6.60. The van der Waals surface area contributed by atoms with Gasteiger partial charge < -0.3 is 14.7 Å². The average molecular weight is 392 g/mol. The number of benzene rings is 1. The zero-order valence-corrected chi connectivity index (χ0v) is 15.1. The van der Waals surface area contributed by atoms with Gasteiger partial charge in [0.1, 0.15) is 24.3 Å². The van der Waals surface area contributed by atoms with Gasteiger partial charge >= 0.3 is 0 Å². The quantitative estimate of drug-likeness (QED) is 0.818. The van der Waals surface area contributed by atoms with Gasteiger partial charge in [-0.2, -0.15) is 0 Å². The first-order valence-electron chi connectivity index (χ1n) is 8.15. The van der Waals surface area contributed by atoms with Crippen LogP contribution in [0, 0.1) is 0 Å². The number of aliphatic hydroxyl groups is 1. The maximum Gasteiger partial charge on any atom is 0.128 e. The summed E-state index contributed by atoms with van der Waals surface area (Å²) in [6, 6.07) is 13.6. The molecule has 6 heteroatoms. The topological polar surface area (TPSA) is 48.8 Å². The van der Waals surface area contributed by atoms with Gasteiger partial charge in [0.25, 0.3) is 0 Å². The Labute approximate surface area is 151 Å². The summed E-state index contributed by atoms with van der Waals surface area (Å²) in [5, 5.41) is 10.2. The monoisotopic (exact) mass is 391 g/mol.